The van der Waals surface area contributed by atoms with Crippen molar-refractivity contribution in [2.24, 2.45) is 0 Å². The lowest BCUT2D eigenvalue weighted by molar-refractivity contribution is 0.0666. The summed E-state index contributed by atoms with van der Waals surface area (Å²) in [5, 5.41) is 10.1. The van der Waals surface area contributed by atoms with E-state index in [1.807, 2.05) is 32.0 Å². The molecule has 0 bridgehead atoms. The Kier molecular flexibility index (Phi) is 7.74. The first-order valence-electron chi connectivity index (χ1n) is 12.8. The average Bonchev–Trinajstić information content (AvgIpc) is 3.28. The number of nitrogens with two attached hydrogens (primary N) is 2. The third-order valence-electron chi connectivity index (χ3n) is 7.28. The number of fused-ring (bicyclic) bond motifs is 2. The van der Waals surface area contributed by atoms with E-state index in [9.17, 15) is 14.4 Å². The number of carbonyl (C=O) groups excluding carboxylic acids is 1. The summed E-state index contributed by atoms with van der Waals surface area (Å²) in [5.74, 6) is -1.88. The number of nitrogen functional groups attached to an aromatic ring is 2. The highest BCUT2D eigenvalue weighted by Gasteiger charge is 2.38. The van der Waals surface area contributed by atoms with Gasteiger partial charge in [0.15, 0.2) is 11.6 Å². The zero-order chi connectivity index (χ0) is 29.6. The fourth-order valence-electron chi connectivity index (χ4n) is 5.19. The van der Waals surface area contributed by atoms with Gasteiger partial charge in [0.1, 0.15) is 29.3 Å². The standard InChI is InChI=1S/C29H27ClF2N6O2S/c1-14(15-5-4-9-36-27(15)34)38-10-8-17-22(29(38)39)25(40-12-11-37(2)3)24(32)21(23(17)30)16-6-7-19(31)26-20(16)18(13-33)28(35)41-26/h4-7,9,14H,8,10-12,35H2,1-3H3,(H2,34,36)/t14-/m0/s1. The number of nitrogens with zero attached hydrogens (tertiary/aromatic N) is 4. The largest absolute Gasteiger partial charge is 0.488 e. The number of pyridine rings is 1. The zero-order valence-electron chi connectivity index (χ0n) is 22.6. The Morgan fingerprint density at radius 3 is 2.71 bits per heavy atom. The first kappa shape index (κ1) is 28.5. The number of nitriles is 1. The van der Waals surface area contributed by atoms with Gasteiger partial charge in [-0.15, -0.1) is 11.3 Å². The van der Waals surface area contributed by atoms with Crippen LogP contribution in [0.15, 0.2) is 30.5 Å². The van der Waals surface area contributed by atoms with Crippen molar-refractivity contribution in [3.8, 4) is 22.9 Å². The Labute approximate surface area is 244 Å². The summed E-state index contributed by atoms with van der Waals surface area (Å²) in [4.78, 5) is 21.6. The van der Waals surface area contributed by atoms with Gasteiger partial charge in [-0.3, -0.25) is 4.79 Å². The van der Waals surface area contributed by atoms with E-state index in [-0.39, 0.29) is 61.3 Å². The first-order chi connectivity index (χ1) is 19.6. The molecule has 1 atom stereocenters. The average molecular weight is 597 g/mol. The lowest BCUT2D eigenvalue weighted by Gasteiger charge is -2.35. The van der Waals surface area contributed by atoms with Gasteiger partial charge in [0.25, 0.3) is 5.91 Å². The molecule has 212 valence electrons. The quantitative estimate of drug-likeness (QED) is 0.283. The number of hydrogen-bond acceptors (Lipinski definition) is 8. The van der Waals surface area contributed by atoms with Crippen LogP contribution in [0.2, 0.25) is 5.02 Å². The summed E-state index contributed by atoms with van der Waals surface area (Å²) >= 11 is 7.80. The third-order valence-corrected chi connectivity index (χ3v) is 8.73. The normalized spacial score (nSPS) is 13.9. The smallest absolute Gasteiger partial charge is 0.258 e. The highest BCUT2D eigenvalue weighted by molar-refractivity contribution is 7.23. The molecule has 0 spiro atoms. The van der Waals surface area contributed by atoms with E-state index in [2.05, 4.69) is 4.98 Å². The molecule has 0 aliphatic carbocycles. The van der Waals surface area contributed by atoms with Crippen LogP contribution in [0.4, 0.5) is 19.6 Å². The predicted molar refractivity (Wildman–Crippen MR) is 157 cm³/mol. The second kappa shape index (κ2) is 11.1. The summed E-state index contributed by atoms with van der Waals surface area (Å²) in [5.41, 5.74) is 13.4. The predicted octanol–water partition coefficient (Wildman–Crippen LogP) is 5.63. The van der Waals surface area contributed by atoms with Crippen LogP contribution in [-0.2, 0) is 6.42 Å². The van der Waals surface area contributed by atoms with Crippen LogP contribution < -0.4 is 16.2 Å². The zero-order valence-corrected chi connectivity index (χ0v) is 24.2. The number of aromatic nitrogens is 1. The molecule has 41 heavy (non-hydrogen) atoms. The number of likely N-dealkylation sites (N-methyl/N-ethyl adjacent to an activating group) is 1. The molecule has 3 heterocycles. The van der Waals surface area contributed by atoms with Crippen LogP contribution in [0.25, 0.3) is 21.2 Å². The van der Waals surface area contributed by atoms with E-state index in [1.165, 1.54) is 12.1 Å². The molecule has 4 aromatic rings. The van der Waals surface area contributed by atoms with E-state index in [0.717, 1.165) is 11.3 Å². The van der Waals surface area contributed by atoms with Crippen molar-refractivity contribution < 1.29 is 18.3 Å². The monoisotopic (exact) mass is 596 g/mol. The highest BCUT2D eigenvalue weighted by Crippen LogP contribution is 2.49. The number of rotatable bonds is 7. The fraction of sp³-hybridized carbons (Fsp3) is 0.276. The van der Waals surface area contributed by atoms with Crippen molar-refractivity contribution in [2.45, 2.75) is 19.4 Å². The van der Waals surface area contributed by atoms with Crippen LogP contribution in [-0.4, -0.2) is 54.5 Å². The van der Waals surface area contributed by atoms with Gasteiger partial charge in [-0.25, -0.2) is 13.8 Å². The molecular formula is C29H27ClF2N6O2S. The minimum atomic E-state index is -0.877. The van der Waals surface area contributed by atoms with Crippen LogP contribution in [0, 0.1) is 23.0 Å². The van der Waals surface area contributed by atoms with Gasteiger partial charge in [0, 0.05) is 35.8 Å². The van der Waals surface area contributed by atoms with Crippen LogP contribution in [0.5, 0.6) is 5.75 Å². The van der Waals surface area contributed by atoms with E-state index in [1.54, 1.807) is 23.2 Å². The van der Waals surface area contributed by atoms with E-state index in [0.29, 0.717) is 29.9 Å². The molecule has 0 fully saturated rings. The number of halogens is 3. The van der Waals surface area contributed by atoms with E-state index in [4.69, 9.17) is 27.8 Å². The lowest BCUT2D eigenvalue weighted by atomic mass is 9.89. The Bertz CT molecular complexity index is 1740. The Morgan fingerprint density at radius 1 is 1.27 bits per heavy atom. The molecule has 4 N–H and O–H groups in total. The molecule has 0 radical (unpaired) electrons. The number of carbonyl (C=O) groups is 1. The number of hydrogen-bond donors (Lipinski definition) is 2. The molecule has 2 aromatic heterocycles. The molecule has 0 unspecified atom stereocenters. The Hall–Kier alpha value is -3.98. The number of amides is 1. The topological polar surface area (TPSA) is 122 Å². The third kappa shape index (κ3) is 4.82. The van der Waals surface area contributed by atoms with Crippen molar-refractivity contribution in [2.75, 3.05) is 45.3 Å². The lowest BCUT2D eigenvalue weighted by Crippen LogP contribution is -2.40. The molecule has 2 aromatic carbocycles. The maximum Gasteiger partial charge on any atom is 0.258 e. The van der Waals surface area contributed by atoms with Gasteiger partial charge < -0.3 is 26.0 Å². The highest BCUT2D eigenvalue weighted by atomic mass is 35.5. The molecular weight excluding hydrogens is 570 g/mol. The van der Waals surface area contributed by atoms with Crippen molar-refractivity contribution >= 4 is 49.7 Å². The van der Waals surface area contributed by atoms with Gasteiger partial charge in [0.05, 0.1) is 26.9 Å². The summed E-state index contributed by atoms with van der Waals surface area (Å²) in [6.07, 6.45) is 1.86. The van der Waals surface area contributed by atoms with Crippen molar-refractivity contribution in [3.05, 3.63) is 69.4 Å². The summed E-state index contributed by atoms with van der Waals surface area (Å²) in [6, 6.07) is 7.63. The van der Waals surface area contributed by atoms with E-state index < -0.39 is 23.6 Å². The van der Waals surface area contributed by atoms with Gasteiger partial charge in [-0.05, 0) is 50.7 Å². The second-order valence-electron chi connectivity index (χ2n) is 9.99. The summed E-state index contributed by atoms with van der Waals surface area (Å²) in [6.45, 7) is 2.64. The van der Waals surface area contributed by atoms with Crippen molar-refractivity contribution in [3.63, 3.8) is 0 Å². The molecule has 8 nitrogen and oxygen atoms in total. The molecule has 1 amide bonds. The summed E-state index contributed by atoms with van der Waals surface area (Å²) < 4.78 is 37.5. The number of ether oxygens (including phenoxy) is 1. The van der Waals surface area contributed by atoms with Gasteiger partial charge in [-0.2, -0.15) is 5.26 Å². The molecule has 1 aliphatic rings. The molecule has 12 heteroatoms. The van der Waals surface area contributed by atoms with Gasteiger partial charge in [0.2, 0.25) is 0 Å². The van der Waals surface area contributed by atoms with Crippen LogP contribution in [0.1, 0.15) is 40.0 Å². The number of thiophene rings is 1. The van der Waals surface area contributed by atoms with Crippen LogP contribution in [0.3, 0.4) is 0 Å². The summed E-state index contributed by atoms with van der Waals surface area (Å²) in [7, 11) is 3.68. The molecule has 0 saturated carbocycles. The number of anilines is 2. The minimum absolute atomic E-state index is 0.000531. The Morgan fingerprint density at radius 2 is 2.02 bits per heavy atom. The van der Waals surface area contributed by atoms with Crippen LogP contribution >= 0.6 is 22.9 Å². The first-order valence-corrected chi connectivity index (χ1v) is 14.0. The molecule has 0 saturated heterocycles. The van der Waals surface area contributed by atoms with Crippen molar-refractivity contribution in [1.82, 2.24) is 14.8 Å². The van der Waals surface area contributed by atoms with Crippen molar-refractivity contribution in [1.29, 1.82) is 5.26 Å². The molecule has 1 aliphatic heterocycles. The second-order valence-corrected chi connectivity index (χ2v) is 11.4. The maximum atomic E-state index is 16.7. The molecule has 5 rings (SSSR count). The number of benzene rings is 2. The minimum Gasteiger partial charge on any atom is -0.488 e. The fourth-order valence-corrected chi connectivity index (χ4v) is 6.51. The maximum absolute atomic E-state index is 16.7. The van der Waals surface area contributed by atoms with Gasteiger partial charge >= 0.3 is 0 Å². The van der Waals surface area contributed by atoms with E-state index >= 15 is 4.39 Å². The SMILES string of the molecule is C[C@@H](c1cccnc1N)N1CCc2c(Cl)c(-c3ccc(F)c4sc(N)c(C#N)c34)c(F)c(OCCN(C)C)c2C1=O. The Balaban J connectivity index is 1.73. The van der Waals surface area contributed by atoms with Gasteiger partial charge in [-0.1, -0.05) is 23.7 Å².